The maximum Gasteiger partial charge on any atom is 0.148 e. The minimum Gasteiger partial charge on any atom is -0.388 e. The molecule has 1 heterocycles. The molecule has 0 spiro atoms. The Kier molecular flexibility index (Phi) is 3.83. The van der Waals surface area contributed by atoms with Gasteiger partial charge in [-0.15, -0.1) is 0 Å². The van der Waals surface area contributed by atoms with Crippen LogP contribution in [0.15, 0.2) is 35.1 Å². The van der Waals surface area contributed by atoms with Gasteiger partial charge >= 0.3 is 0 Å². The third-order valence-corrected chi connectivity index (χ3v) is 3.00. The first-order chi connectivity index (χ1) is 8.56. The van der Waals surface area contributed by atoms with E-state index in [0.717, 1.165) is 4.47 Å². The molecule has 0 saturated carbocycles. The topological polar surface area (TPSA) is 63.8 Å². The number of halogens is 2. The third kappa shape index (κ3) is 2.99. The Bertz CT molecular complexity index is 588. The van der Waals surface area contributed by atoms with Gasteiger partial charge in [-0.1, -0.05) is 12.2 Å². The van der Waals surface area contributed by atoms with Crippen molar-refractivity contribution in [3.05, 3.63) is 46.6 Å². The van der Waals surface area contributed by atoms with E-state index in [1.165, 1.54) is 24.5 Å². The molecule has 1 aromatic heterocycles. The number of nitrogens with two attached hydrogens (primary N) is 1. The molecule has 7 heteroatoms. The van der Waals surface area contributed by atoms with Crippen molar-refractivity contribution in [2.45, 2.75) is 0 Å². The largest absolute Gasteiger partial charge is 0.388 e. The molecule has 0 amide bonds. The highest BCUT2D eigenvalue weighted by molar-refractivity contribution is 9.10. The zero-order valence-electron chi connectivity index (χ0n) is 9.02. The molecule has 0 fully saturated rings. The fraction of sp³-hybridized carbons (Fsp3) is 0. The van der Waals surface area contributed by atoms with Gasteiger partial charge in [-0.2, -0.15) is 0 Å². The number of thiocarbonyl (C=S) groups is 1. The van der Waals surface area contributed by atoms with E-state index in [2.05, 4.69) is 31.2 Å². The van der Waals surface area contributed by atoms with Crippen LogP contribution >= 0.6 is 28.1 Å². The van der Waals surface area contributed by atoms with Crippen molar-refractivity contribution in [3.8, 4) is 0 Å². The molecule has 1 aromatic carbocycles. The van der Waals surface area contributed by atoms with Crippen LogP contribution in [0.2, 0.25) is 0 Å². The quantitative estimate of drug-likeness (QED) is 0.849. The van der Waals surface area contributed by atoms with Crippen LogP contribution in [-0.4, -0.2) is 15.0 Å². The molecule has 0 aliphatic carbocycles. The van der Waals surface area contributed by atoms with Crippen molar-refractivity contribution in [2.24, 2.45) is 5.73 Å². The molecule has 4 nitrogen and oxygen atoms in total. The van der Waals surface area contributed by atoms with Gasteiger partial charge in [-0.3, -0.25) is 0 Å². The Labute approximate surface area is 117 Å². The number of aromatic nitrogens is 2. The number of hydrogen-bond donors (Lipinski definition) is 2. The average Bonchev–Trinajstić information content (AvgIpc) is 2.34. The zero-order chi connectivity index (χ0) is 13.1. The van der Waals surface area contributed by atoms with Crippen LogP contribution in [0.4, 0.5) is 15.9 Å². The molecule has 18 heavy (non-hydrogen) atoms. The highest BCUT2D eigenvalue weighted by atomic mass is 79.9. The molecular formula is C11H8BrFN4S. The Balaban J connectivity index is 2.23. The van der Waals surface area contributed by atoms with E-state index in [9.17, 15) is 4.39 Å². The first-order valence-electron chi connectivity index (χ1n) is 4.90. The monoisotopic (exact) mass is 326 g/mol. The zero-order valence-corrected chi connectivity index (χ0v) is 11.4. The van der Waals surface area contributed by atoms with Gasteiger partial charge in [0.1, 0.15) is 22.3 Å². The Morgan fingerprint density at radius 2 is 2.11 bits per heavy atom. The average molecular weight is 327 g/mol. The molecule has 3 N–H and O–H groups in total. The van der Waals surface area contributed by atoms with E-state index >= 15 is 0 Å². The van der Waals surface area contributed by atoms with Gasteiger partial charge in [0.2, 0.25) is 0 Å². The summed E-state index contributed by atoms with van der Waals surface area (Å²) in [5.41, 5.74) is 6.41. The van der Waals surface area contributed by atoms with Crippen molar-refractivity contribution in [1.82, 2.24) is 9.97 Å². The highest BCUT2D eigenvalue weighted by Crippen LogP contribution is 2.25. The predicted molar refractivity (Wildman–Crippen MR) is 75.3 cm³/mol. The molecular weight excluding hydrogens is 319 g/mol. The van der Waals surface area contributed by atoms with Crippen LogP contribution in [0, 0.1) is 5.82 Å². The molecule has 0 radical (unpaired) electrons. The number of anilines is 2. The van der Waals surface area contributed by atoms with E-state index < -0.39 is 0 Å². The van der Waals surface area contributed by atoms with Crippen molar-refractivity contribution < 1.29 is 4.39 Å². The van der Waals surface area contributed by atoms with E-state index in [1.54, 1.807) is 6.07 Å². The molecule has 0 saturated heterocycles. The molecule has 0 aliphatic heterocycles. The summed E-state index contributed by atoms with van der Waals surface area (Å²) >= 11 is 8.08. The summed E-state index contributed by atoms with van der Waals surface area (Å²) in [6.45, 7) is 0. The minimum atomic E-state index is -0.339. The first kappa shape index (κ1) is 12.8. The van der Waals surface area contributed by atoms with E-state index in [-0.39, 0.29) is 10.8 Å². The molecule has 0 unspecified atom stereocenters. The SMILES string of the molecule is NC(=S)c1cnc(Nc2cc(F)ccc2Br)cn1. The normalized spacial score (nSPS) is 10.1. The predicted octanol–water partition coefficient (Wildman–Crippen LogP) is 2.76. The Morgan fingerprint density at radius 1 is 1.33 bits per heavy atom. The number of hydrogen-bond acceptors (Lipinski definition) is 4. The van der Waals surface area contributed by atoms with E-state index in [1.807, 2.05) is 0 Å². The lowest BCUT2D eigenvalue weighted by Crippen LogP contribution is -2.12. The lowest BCUT2D eigenvalue weighted by atomic mass is 10.3. The summed E-state index contributed by atoms with van der Waals surface area (Å²) in [7, 11) is 0. The smallest absolute Gasteiger partial charge is 0.148 e. The lowest BCUT2D eigenvalue weighted by Gasteiger charge is -2.07. The minimum absolute atomic E-state index is 0.181. The molecule has 0 aliphatic rings. The summed E-state index contributed by atoms with van der Waals surface area (Å²) in [6, 6.07) is 4.32. The standard InChI is InChI=1S/C11H8BrFN4S/c12-7-2-1-6(13)3-8(7)17-10-5-15-9(4-16-10)11(14)18/h1-5H,(H2,14,18)(H,16,17). The highest BCUT2D eigenvalue weighted by Gasteiger charge is 2.04. The Hall–Kier alpha value is -1.60. The van der Waals surface area contributed by atoms with Crippen molar-refractivity contribution in [1.29, 1.82) is 0 Å². The number of rotatable bonds is 3. The fourth-order valence-electron chi connectivity index (χ4n) is 1.25. The second kappa shape index (κ2) is 5.36. The maximum atomic E-state index is 13.1. The fourth-order valence-corrected chi connectivity index (χ4v) is 1.70. The number of benzene rings is 1. The summed E-state index contributed by atoms with van der Waals surface area (Å²) in [4.78, 5) is 8.29. The molecule has 2 aromatic rings. The van der Waals surface area contributed by atoms with Crippen molar-refractivity contribution in [3.63, 3.8) is 0 Å². The molecule has 0 atom stereocenters. The lowest BCUT2D eigenvalue weighted by molar-refractivity contribution is 0.628. The van der Waals surface area contributed by atoms with Gasteiger partial charge < -0.3 is 11.1 Å². The maximum absolute atomic E-state index is 13.1. The summed E-state index contributed by atoms with van der Waals surface area (Å²) in [5, 5.41) is 2.93. The second-order valence-corrected chi connectivity index (χ2v) is 4.69. The van der Waals surface area contributed by atoms with Crippen LogP contribution in [0.25, 0.3) is 0 Å². The van der Waals surface area contributed by atoms with Crippen LogP contribution < -0.4 is 11.1 Å². The van der Waals surface area contributed by atoms with Gasteiger partial charge in [0.15, 0.2) is 0 Å². The molecule has 92 valence electrons. The molecule has 0 bridgehead atoms. The van der Waals surface area contributed by atoms with Crippen LogP contribution in [-0.2, 0) is 0 Å². The van der Waals surface area contributed by atoms with Crippen LogP contribution in [0.5, 0.6) is 0 Å². The summed E-state index contributed by atoms with van der Waals surface area (Å²) in [6.07, 6.45) is 2.93. The van der Waals surface area contributed by atoms with E-state index in [4.69, 9.17) is 18.0 Å². The van der Waals surface area contributed by atoms with Crippen LogP contribution in [0.3, 0.4) is 0 Å². The molecule has 2 rings (SSSR count). The summed E-state index contributed by atoms with van der Waals surface area (Å²) in [5.74, 6) is 0.134. The number of nitrogens with zero attached hydrogens (tertiary/aromatic N) is 2. The Morgan fingerprint density at radius 3 is 2.72 bits per heavy atom. The van der Waals surface area contributed by atoms with Gasteiger partial charge in [0.05, 0.1) is 18.1 Å². The van der Waals surface area contributed by atoms with Gasteiger partial charge in [0, 0.05) is 4.47 Å². The van der Waals surface area contributed by atoms with Crippen LogP contribution in [0.1, 0.15) is 5.69 Å². The van der Waals surface area contributed by atoms with Crippen molar-refractivity contribution in [2.75, 3.05) is 5.32 Å². The number of nitrogens with one attached hydrogen (secondary N) is 1. The van der Waals surface area contributed by atoms with E-state index in [0.29, 0.717) is 17.2 Å². The van der Waals surface area contributed by atoms with Gasteiger partial charge in [-0.05, 0) is 34.1 Å². The second-order valence-electron chi connectivity index (χ2n) is 3.40. The van der Waals surface area contributed by atoms with Gasteiger partial charge in [0.25, 0.3) is 0 Å². The van der Waals surface area contributed by atoms with Crippen molar-refractivity contribution >= 4 is 44.6 Å². The van der Waals surface area contributed by atoms with Gasteiger partial charge in [-0.25, -0.2) is 14.4 Å². The first-order valence-corrected chi connectivity index (χ1v) is 6.10. The summed E-state index contributed by atoms with van der Waals surface area (Å²) < 4.78 is 13.8. The third-order valence-electron chi connectivity index (χ3n) is 2.10.